The van der Waals surface area contributed by atoms with E-state index in [4.69, 9.17) is 0 Å². The van der Waals surface area contributed by atoms with Gasteiger partial charge >= 0.3 is 0 Å². The second kappa shape index (κ2) is 3.98. The van der Waals surface area contributed by atoms with Gasteiger partial charge in [-0.2, -0.15) is 5.10 Å². The highest BCUT2D eigenvalue weighted by atomic mass is 15.1. The van der Waals surface area contributed by atoms with Gasteiger partial charge in [-0.15, -0.1) is 0 Å². The number of rotatable bonds is 2. The fourth-order valence-electron chi connectivity index (χ4n) is 2.63. The summed E-state index contributed by atoms with van der Waals surface area (Å²) in [4.78, 5) is 4.27. The van der Waals surface area contributed by atoms with E-state index >= 15 is 0 Å². The molecule has 2 N–H and O–H groups in total. The fourth-order valence-corrected chi connectivity index (χ4v) is 2.63. The standard InChI is InChI=1S/C14H13N5/c1-2-10-4-5-16-14(10)12(3-1)13-8-15-9-19(13)11-6-17-18-7-11/h1-3,6-9,16H,4-5H2,(H,17,18). The Labute approximate surface area is 110 Å². The van der Waals surface area contributed by atoms with E-state index < -0.39 is 0 Å². The third-order valence-corrected chi connectivity index (χ3v) is 3.52. The molecular formula is C14H13N5. The molecule has 4 rings (SSSR count). The Hall–Kier alpha value is -2.56. The number of benzene rings is 1. The van der Waals surface area contributed by atoms with Gasteiger partial charge in [0.25, 0.3) is 0 Å². The summed E-state index contributed by atoms with van der Waals surface area (Å²) in [6.45, 7) is 1.01. The van der Waals surface area contributed by atoms with Gasteiger partial charge in [0, 0.05) is 24.0 Å². The third-order valence-electron chi connectivity index (χ3n) is 3.52. The van der Waals surface area contributed by atoms with Crippen LogP contribution in [0.25, 0.3) is 16.9 Å². The summed E-state index contributed by atoms with van der Waals surface area (Å²) >= 11 is 0. The summed E-state index contributed by atoms with van der Waals surface area (Å²) in [7, 11) is 0. The molecule has 0 amide bonds. The number of hydrogen-bond acceptors (Lipinski definition) is 3. The first-order valence-corrected chi connectivity index (χ1v) is 6.31. The van der Waals surface area contributed by atoms with E-state index in [1.54, 1.807) is 6.20 Å². The summed E-state index contributed by atoms with van der Waals surface area (Å²) in [5.74, 6) is 0. The van der Waals surface area contributed by atoms with Gasteiger partial charge in [0.1, 0.15) is 0 Å². The Morgan fingerprint density at radius 2 is 2.21 bits per heavy atom. The zero-order chi connectivity index (χ0) is 12.7. The van der Waals surface area contributed by atoms with E-state index in [0.29, 0.717) is 0 Å². The van der Waals surface area contributed by atoms with Crippen LogP contribution in [0, 0.1) is 0 Å². The van der Waals surface area contributed by atoms with E-state index in [9.17, 15) is 0 Å². The first-order valence-electron chi connectivity index (χ1n) is 6.31. The first-order chi connectivity index (χ1) is 9.43. The van der Waals surface area contributed by atoms with Crippen LogP contribution >= 0.6 is 0 Å². The quantitative estimate of drug-likeness (QED) is 0.734. The predicted octanol–water partition coefficient (Wildman–Crippen LogP) is 2.23. The van der Waals surface area contributed by atoms with Crippen molar-refractivity contribution in [1.82, 2.24) is 19.7 Å². The van der Waals surface area contributed by atoms with Crippen LogP contribution in [0.3, 0.4) is 0 Å². The maximum Gasteiger partial charge on any atom is 0.0998 e. The minimum Gasteiger partial charge on any atom is -0.384 e. The van der Waals surface area contributed by atoms with Gasteiger partial charge in [-0.25, -0.2) is 4.98 Å². The molecular weight excluding hydrogens is 238 g/mol. The van der Waals surface area contributed by atoms with Gasteiger partial charge in [0.2, 0.25) is 0 Å². The topological polar surface area (TPSA) is 58.5 Å². The van der Waals surface area contributed by atoms with Crippen molar-refractivity contribution in [2.24, 2.45) is 0 Å². The highest BCUT2D eigenvalue weighted by Crippen LogP contribution is 2.34. The molecule has 19 heavy (non-hydrogen) atoms. The van der Waals surface area contributed by atoms with Crippen LogP contribution in [0.1, 0.15) is 5.56 Å². The summed E-state index contributed by atoms with van der Waals surface area (Å²) in [5, 5.41) is 10.3. The SMILES string of the molecule is c1cc2c(c(-c3cncn3-c3cn[nH]c3)c1)NCC2. The summed E-state index contributed by atoms with van der Waals surface area (Å²) < 4.78 is 2.04. The number of nitrogens with zero attached hydrogens (tertiary/aromatic N) is 3. The first kappa shape index (κ1) is 10.4. The Kier molecular flexibility index (Phi) is 2.17. The molecule has 0 fully saturated rings. The molecule has 94 valence electrons. The molecule has 3 aromatic rings. The van der Waals surface area contributed by atoms with E-state index in [1.165, 1.54) is 16.8 Å². The predicted molar refractivity (Wildman–Crippen MR) is 73.3 cm³/mol. The lowest BCUT2D eigenvalue weighted by Crippen LogP contribution is -1.97. The molecule has 0 bridgehead atoms. The normalized spacial score (nSPS) is 13.3. The Bertz CT molecular complexity index is 711. The zero-order valence-corrected chi connectivity index (χ0v) is 10.3. The molecule has 0 unspecified atom stereocenters. The zero-order valence-electron chi connectivity index (χ0n) is 10.3. The van der Waals surface area contributed by atoms with Crippen molar-refractivity contribution in [3.63, 3.8) is 0 Å². The smallest absolute Gasteiger partial charge is 0.0998 e. The number of fused-ring (bicyclic) bond motifs is 1. The van der Waals surface area contributed by atoms with E-state index in [0.717, 1.165) is 24.3 Å². The lowest BCUT2D eigenvalue weighted by Gasteiger charge is -2.10. The van der Waals surface area contributed by atoms with Gasteiger partial charge in [-0.05, 0) is 12.0 Å². The minimum atomic E-state index is 0.989. The molecule has 1 aliphatic rings. The molecule has 0 radical (unpaired) electrons. The van der Waals surface area contributed by atoms with Gasteiger partial charge < -0.3 is 5.32 Å². The van der Waals surface area contributed by atoms with Crippen molar-refractivity contribution in [1.29, 1.82) is 0 Å². The Morgan fingerprint density at radius 3 is 3.11 bits per heavy atom. The highest BCUT2D eigenvalue weighted by Gasteiger charge is 2.17. The average Bonchev–Trinajstić information content (AvgIpc) is 3.18. The van der Waals surface area contributed by atoms with Crippen LogP contribution in [0.4, 0.5) is 5.69 Å². The number of anilines is 1. The van der Waals surface area contributed by atoms with E-state index in [1.807, 2.05) is 23.3 Å². The second-order valence-electron chi connectivity index (χ2n) is 4.62. The number of aromatic nitrogens is 4. The molecule has 0 aliphatic carbocycles. The Morgan fingerprint density at radius 1 is 1.21 bits per heavy atom. The minimum absolute atomic E-state index is 0.989. The molecule has 1 aromatic carbocycles. The molecule has 0 saturated carbocycles. The van der Waals surface area contributed by atoms with Crippen LogP contribution in [-0.2, 0) is 6.42 Å². The summed E-state index contributed by atoms with van der Waals surface area (Å²) in [6.07, 6.45) is 8.45. The highest BCUT2D eigenvalue weighted by molar-refractivity contribution is 5.80. The fraction of sp³-hybridized carbons (Fsp3) is 0.143. The second-order valence-corrected chi connectivity index (χ2v) is 4.62. The lowest BCUT2D eigenvalue weighted by molar-refractivity contribution is 1.07. The van der Waals surface area contributed by atoms with Crippen LogP contribution in [0.15, 0.2) is 43.1 Å². The van der Waals surface area contributed by atoms with Crippen molar-refractivity contribution >= 4 is 5.69 Å². The molecule has 1 aliphatic heterocycles. The van der Waals surface area contributed by atoms with Gasteiger partial charge in [0.05, 0.1) is 30.1 Å². The third kappa shape index (κ3) is 1.55. The number of imidazole rings is 1. The molecule has 2 aromatic heterocycles. The monoisotopic (exact) mass is 251 g/mol. The van der Waals surface area contributed by atoms with Gasteiger partial charge in [0.15, 0.2) is 0 Å². The maximum atomic E-state index is 4.27. The van der Waals surface area contributed by atoms with Crippen LogP contribution in [-0.4, -0.2) is 26.3 Å². The van der Waals surface area contributed by atoms with E-state index in [2.05, 4.69) is 38.7 Å². The van der Waals surface area contributed by atoms with Crippen molar-refractivity contribution in [2.45, 2.75) is 6.42 Å². The molecule has 0 spiro atoms. The van der Waals surface area contributed by atoms with Gasteiger partial charge in [-0.1, -0.05) is 18.2 Å². The van der Waals surface area contributed by atoms with E-state index in [-0.39, 0.29) is 0 Å². The molecule has 5 nitrogen and oxygen atoms in total. The van der Waals surface area contributed by atoms with Crippen molar-refractivity contribution in [2.75, 3.05) is 11.9 Å². The summed E-state index contributed by atoms with van der Waals surface area (Å²) in [6, 6.07) is 6.41. The Balaban J connectivity index is 1.91. The average molecular weight is 251 g/mol. The number of H-pyrrole nitrogens is 1. The lowest BCUT2D eigenvalue weighted by atomic mass is 10.1. The molecule has 0 saturated heterocycles. The van der Waals surface area contributed by atoms with Crippen LogP contribution in [0.5, 0.6) is 0 Å². The largest absolute Gasteiger partial charge is 0.384 e. The van der Waals surface area contributed by atoms with Crippen molar-refractivity contribution in [3.05, 3.63) is 48.7 Å². The van der Waals surface area contributed by atoms with Crippen molar-refractivity contribution in [3.8, 4) is 16.9 Å². The maximum absolute atomic E-state index is 4.27. The van der Waals surface area contributed by atoms with Gasteiger partial charge in [-0.3, -0.25) is 9.67 Å². The molecule has 0 atom stereocenters. The molecule has 5 heteroatoms. The van der Waals surface area contributed by atoms with Crippen LogP contribution < -0.4 is 5.32 Å². The summed E-state index contributed by atoms with van der Waals surface area (Å²) in [5.41, 5.74) is 5.86. The number of hydrogen-bond donors (Lipinski definition) is 2. The number of para-hydroxylation sites is 1. The number of nitrogens with one attached hydrogen (secondary N) is 2. The molecule has 3 heterocycles. The number of aromatic amines is 1. The van der Waals surface area contributed by atoms with Crippen molar-refractivity contribution < 1.29 is 0 Å². The van der Waals surface area contributed by atoms with Crippen LogP contribution in [0.2, 0.25) is 0 Å².